The number of halogens is 1. The minimum Gasteiger partial charge on any atom is -0.361 e. The number of para-hydroxylation sites is 2. The fraction of sp³-hybridized carbons (Fsp3) is 0.238. The van der Waals surface area contributed by atoms with Crippen LogP contribution >= 0.6 is 11.6 Å². The summed E-state index contributed by atoms with van der Waals surface area (Å²) in [5, 5.41) is 4.41. The van der Waals surface area contributed by atoms with E-state index in [0.29, 0.717) is 43.3 Å². The Kier molecular flexibility index (Phi) is 5.21. The number of carbonyl (C=O) groups is 2. The number of amides is 3. The van der Waals surface area contributed by atoms with Gasteiger partial charge in [0.05, 0.1) is 17.1 Å². The van der Waals surface area contributed by atoms with Crippen molar-refractivity contribution in [3.63, 3.8) is 0 Å². The van der Waals surface area contributed by atoms with E-state index in [1.54, 1.807) is 17.0 Å². The predicted octanol–water partition coefficient (Wildman–Crippen LogP) is 3.74. The standard InChI is InChI=1S/C21H21ClN4O2/c22-17-6-2-4-8-19(17)24-21(28)26-11-9-25(10-12-26)20(27)13-15-14-23-18-7-3-1-5-16(15)18/h1-8,14,23H,9-13H2,(H,24,28). The van der Waals surface area contributed by atoms with E-state index >= 15 is 0 Å². The lowest BCUT2D eigenvalue weighted by Crippen LogP contribution is -2.52. The highest BCUT2D eigenvalue weighted by molar-refractivity contribution is 6.33. The lowest BCUT2D eigenvalue weighted by atomic mass is 10.1. The Morgan fingerprint density at radius 2 is 1.64 bits per heavy atom. The number of anilines is 1. The molecule has 0 saturated carbocycles. The molecule has 1 aliphatic rings. The summed E-state index contributed by atoms with van der Waals surface area (Å²) in [4.78, 5) is 31.9. The van der Waals surface area contributed by atoms with Crippen molar-refractivity contribution in [3.05, 3.63) is 65.3 Å². The zero-order valence-corrected chi connectivity index (χ0v) is 16.1. The maximum Gasteiger partial charge on any atom is 0.322 e. The molecule has 0 unspecified atom stereocenters. The number of aromatic nitrogens is 1. The van der Waals surface area contributed by atoms with Crippen molar-refractivity contribution in [2.45, 2.75) is 6.42 Å². The van der Waals surface area contributed by atoms with E-state index in [9.17, 15) is 9.59 Å². The van der Waals surface area contributed by atoms with Crippen molar-refractivity contribution < 1.29 is 9.59 Å². The summed E-state index contributed by atoms with van der Waals surface area (Å²) in [5.41, 5.74) is 2.62. The topological polar surface area (TPSA) is 68.4 Å². The molecule has 2 aromatic carbocycles. The van der Waals surface area contributed by atoms with Crippen LogP contribution in [0.25, 0.3) is 10.9 Å². The van der Waals surface area contributed by atoms with E-state index in [2.05, 4.69) is 10.3 Å². The van der Waals surface area contributed by atoms with Crippen LogP contribution in [0.1, 0.15) is 5.56 Å². The van der Waals surface area contributed by atoms with Crippen LogP contribution in [0.5, 0.6) is 0 Å². The molecular weight excluding hydrogens is 376 g/mol. The number of benzene rings is 2. The van der Waals surface area contributed by atoms with Gasteiger partial charge in [-0.3, -0.25) is 4.79 Å². The molecule has 1 aromatic heterocycles. The fourth-order valence-electron chi connectivity index (χ4n) is 3.47. The molecule has 28 heavy (non-hydrogen) atoms. The lowest BCUT2D eigenvalue weighted by molar-refractivity contribution is -0.131. The van der Waals surface area contributed by atoms with Gasteiger partial charge in [0, 0.05) is 43.3 Å². The monoisotopic (exact) mass is 396 g/mol. The first-order valence-corrected chi connectivity index (χ1v) is 9.63. The largest absolute Gasteiger partial charge is 0.361 e. The van der Waals surface area contributed by atoms with E-state index in [4.69, 9.17) is 11.6 Å². The molecule has 2 heterocycles. The Bertz CT molecular complexity index is 1010. The number of carbonyl (C=O) groups excluding carboxylic acids is 2. The third-order valence-corrected chi connectivity index (χ3v) is 5.38. The van der Waals surface area contributed by atoms with Gasteiger partial charge in [0.15, 0.2) is 0 Å². The molecule has 4 rings (SSSR count). The molecule has 1 aliphatic heterocycles. The molecule has 3 amide bonds. The number of piperazine rings is 1. The Morgan fingerprint density at radius 3 is 2.43 bits per heavy atom. The van der Waals surface area contributed by atoms with Crippen molar-refractivity contribution in [3.8, 4) is 0 Å². The van der Waals surface area contributed by atoms with Gasteiger partial charge in [-0.05, 0) is 23.8 Å². The molecule has 0 bridgehead atoms. The van der Waals surface area contributed by atoms with E-state index in [1.807, 2.05) is 47.5 Å². The first kappa shape index (κ1) is 18.4. The molecule has 1 fully saturated rings. The van der Waals surface area contributed by atoms with E-state index in [-0.39, 0.29) is 11.9 Å². The first-order chi connectivity index (χ1) is 13.6. The minimum atomic E-state index is -0.197. The van der Waals surface area contributed by atoms with Gasteiger partial charge in [-0.25, -0.2) is 4.79 Å². The predicted molar refractivity (Wildman–Crippen MR) is 111 cm³/mol. The molecule has 0 radical (unpaired) electrons. The zero-order valence-electron chi connectivity index (χ0n) is 15.3. The Balaban J connectivity index is 1.33. The smallest absolute Gasteiger partial charge is 0.322 e. The van der Waals surface area contributed by atoms with Crippen LogP contribution in [0.2, 0.25) is 5.02 Å². The van der Waals surface area contributed by atoms with Crippen molar-refractivity contribution in [2.24, 2.45) is 0 Å². The first-order valence-electron chi connectivity index (χ1n) is 9.25. The number of hydrogen-bond donors (Lipinski definition) is 2. The summed E-state index contributed by atoms with van der Waals surface area (Å²) in [6, 6.07) is 14.9. The van der Waals surface area contributed by atoms with Crippen LogP contribution in [0.15, 0.2) is 54.7 Å². The molecule has 2 N–H and O–H groups in total. The van der Waals surface area contributed by atoms with Gasteiger partial charge in [-0.1, -0.05) is 41.9 Å². The molecular formula is C21H21ClN4O2. The summed E-state index contributed by atoms with van der Waals surface area (Å²) in [7, 11) is 0. The highest BCUT2D eigenvalue weighted by Crippen LogP contribution is 2.21. The Morgan fingerprint density at radius 1 is 0.964 bits per heavy atom. The number of nitrogens with zero attached hydrogens (tertiary/aromatic N) is 2. The highest BCUT2D eigenvalue weighted by Gasteiger charge is 2.25. The summed E-state index contributed by atoms with van der Waals surface area (Å²) >= 11 is 6.09. The summed E-state index contributed by atoms with van der Waals surface area (Å²) in [5.74, 6) is 0.0796. The van der Waals surface area contributed by atoms with E-state index in [0.717, 1.165) is 16.5 Å². The molecule has 0 atom stereocenters. The van der Waals surface area contributed by atoms with Gasteiger partial charge in [-0.15, -0.1) is 0 Å². The number of fused-ring (bicyclic) bond motifs is 1. The van der Waals surface area contributed by atoms with E-state index in [1.165, 1.54) is 0 Å². The third-order valence-electron chi connectivity index (χ3n) is 5.05. The maximum atomic E-state index is 12.7. The van der Waals surface area contributed by atoms with Crippen LogP contribution in [0, 0.1) is 0 Å². The molecule has 0 spiro atoms. The lowest BCUT2D eigenvalue weighted by Gasteiger charge is -2.34. The second-order valence-corrected chi connectivity index (χ2v) is 7.22. The van der Waals surface area contributed by atoms with Crippen LogP contribution in [0.3, 0.4) is 0 Å². The third kappa shape index (κ3) is 3.82. The summed E-state index contributed by atoms with van der Waals surface area (Å²) in [6.45, 7) is 2.04. The maximum absolute atomic E-state index is 12.7. The van der Waals surface area contributed by atoms with E-state index < -0.39 is 0 Å². The average molecular weight is 397 g/mol. The second kappa shape index (κ2) is 7.94. The molecule has 1 saturated heterocycles. The van der Waals surface area contributed by atoms with Crippen LogP contribution in [0.4, 0.5) is 10.5 Å². The quantitative estimate of drug-likeness (QED) is 0.708. The van der Waals surface area contributed by atoms with Gasteiger partial charge in [-0.2, -0.15) is 0 Å². The van der Waals surface area contributed by atoms with Gasteiger partial charge < -0.3 is 20.1 Å². The van der Waals surface area contributed by atoms with Crippen molar-refractivity contribution in [1.29, 1.82) is 0 Å². The molecule has 0 aliphatic carbocycles. The number of H-pyrrole nitrogens is 1. The highest BCUT2D eigenvalue weighted by atomic mass is 35.5. The number of urea groups is 1. The summed E-state index contributed by atoms with van der Waals surface area (Å²) < 4.78 is 0. The Hall–Kier alpha value is -2.99. The zero-order chi connectivity index (χ0) is 19.5. The number of nitrogens with one attached hydrogen (secondary N) is 2. The number of rotatable bonds is 3. The average Bonchev–Trinajstić information content (AvgIpc) is 3.13. The second-order valence-electron chi connectivity index (χ2n) is 6.81. The minimum absolute atomic E-state index is 0.0796. The fourth-order valence-corrected chi connectivity index (χ4v) is 3.65. The number of aromatic amines is 1. The van der Waals surface area contributed by atoms with Crippen molar-refractivity contribution in [1.82, 2.24) is 14.8 Å². The van der Waals surface area contributed by atoms with Crippen LogP contribution in [-0.4, -0.2) is 52.9 Å². The van der Waals surface area contributed by atoms with Crippen LogP contribution in [-0.2, 0) is 11.2 Å². The SMILES string of the molecule is O=C(Cc1c[nH]c2ccccc12)N1CCN(C(=O)Nc2ccccc2Cl)CC1. The van der Waals surface area contributed by atoms with Gasteiger partial charge >= 0.3 is 6.03 Å². The van der Waals surface area contributed by atoms with Gasteiger partial charge in [0.25, 0.3) is 0 Å². The molecule has 3 aromatic rings. The normalized spacial score (nSPS) is 14.3. The van der Waals surface area contributed by atoms with Gasteiger partial charge in [0.1, 0.15) is 0 Å². The van der Waals surface area contributed by atoms with Crippen LogP contribution < -0.4 is 5.32 Å². The van der Waals surface area contributed by atoms with Crippen molar-refractivity contribution in [2.75, 3.05) is 31.5 Å². The molecule has 7 heteroatoms. The van der Waals surface area contributed by atoms with Gasteiger partial charge in [0.2, 0.25) is 5.91 Å². The number of hydrogen-bond acceptors (Lipinski definition) is 2. The van der Waals surface area contributed by atoms with Crippen molar-refractivity contribution >= 4 is 40.1 Å². The Labute approximate surface area is 168 Å². The summed E-state index contributed by atoms with van der Waals surface area (Å²) in [6.07, 6.45) is 2.26. The molecule has 6 nitrogen and oxygen atoms in total. The molecule has 144 valence electrons.